The molecule has 4 nitrogen and oxygen atoms in total. The van der Waals surface area contributed by atoms with Crippen LogP contribution in [0.2, 0.25) is 0 Å². The molecule has 0 radical (unpaired) electrons. The van der Waals surface area contributed by atoms with Crippen LogP contribution in [0.1, 0.15) is 16.7 Å². The van der Waals surface area contributed by atoms with Gasteiger partial charge in [-0.05, 0) is 49.2 Å². The number of hydrogen-bond donors (Lipinski definition) is 1. The van der Waals surface area contributed by atoms with E-state index in [4.69, 9.17) is 4.74 Å². The molecule has 0 unspecified atom stereocenters. The van der Waals surface area contributed by atoms with E-state index in [0.717, 1.165) is 17.2 Å². The smallest absolute Gasteiger partial charge is 0.331 e. The number of ether oxygens (including phenoxy) is 1. The van der Waals surface area contributed by atoms with Gasteiger partial charge in [-0.3, -0.25) is 4.79 Å². The van der Waals surface area contributed by atoms with Gasteiger partial charge in [0.25, 0.3) is 5.91 Å². The van der Waals surface area contributed by atoms with Crippen LogP contribution in [-0.4, -0.2) is 18.5 Å². The Morgan fingerprint density at radius 2 is 1.79 bits per heavy atom. The van der Waals surface area contributed by atoms with E-state index in [-0.39, 0.29) is 5.56 Å². The molecule has 0 saturated heterocycles. The molecule has 2 rings (SSSR count). The highest BCUT2D eigenvalue weighted by atomic mass is 19.1. The van der Waals surface area contributed by atoms with Crippen LogP contribution in [0.3, 0.4) is 0 Å². The molecular formula is C19H18FNO3. The molecule has 24 heavy (non-hydrogen) atoms. The van der Waals surface area contributed by atoms with Gasteiger partial charge < -0.3 is 10.1 Å². The maximum absolute atomic E-state index is 13.4. The molecule has 1 amide bonds. The van der Waals surface area contributed by atoms with Gasteiger partial charge in [-0.2, -0.15) is 0 Å². The van der Waals surface area contributed by atoms with Crippen molar-refractivity contribution in [2.75, 3.05) is 11.9 Å². The number of carbonyl (C=O) groups is 2. The molecule has 1 N–H and O–H groups in total. The highest BCUT2D eigenvalue weighted by molar-refractivity contribution is 5.94. The molecule has 0 fully saturated rings. The van der Waals surface area contributed by atoms with Gasteiger partial charge in [-0.25, -0.2) is 9.18 Å². The summed E-state index contributed by atoms with van der Waals surface area (Å²) in [6, 6.07) is 11.7. The minimum absolute atomic E-state index is 0.272. The summed E-state index contributed by atoms with van der Waals surface area (Å²) in [5.74, 6) is -1.59. The van der Waals surface area contributed by atoms with Gasteiger partial charge in [0.05, 0.1) is 0 Å². The summed E-state index contributed by atoms with van der Waals surface area (Å²) in [5.41, 5.74) is 2.97. The fraction of sp³-hybridized carbons (Fsp3) is 0.158. The van der Waals surface area contributed by atoms with E-state index in [0.29, 0.717) is 5.69 Å². The molecule has 0 bridgehead atoms. The van der Waals surface area contributed by atoms with Gasteiger partial charge in [0.15, 0.2) is 6.61 Å². The lowest BCUT2D eigenvalue weighted by molar-refractivity contribution is -0.142. The third-order valence-corrected chi connectivity index (χ3v) is 3.16. The number of rotatable bonds is 5. The molecule has 2 aromatic rings. The number of halogens is 1. The van der Waals surface area contributed by atoms with Gasteiger partial charge >= 0.3 is 5.97 Å². The highest BCUT2D eigenvalue weighted by Gasteiger charge is 2.07. The lowest BCUT2D eigenvalue weighted by atomic mass is 10.1. The van der Waals surface area contributed by atoms with Crippen molar-refractivity contribution in [3.05, 3.63) is 71.0 Å². The number of aryl methyl sites for hydroxylation is 2. The molecular weight excluding hydrogens is 309 g/mol. The Hall–Kier alpha value is -2.95. The van der Waals surface area contributed by atoms with Gasteiger partial charge in [-0.1, -0.05) is 24.3 Å². The van der Waals surface area contributed by atoms with Gasteiger partial charge in [0.1, 0.15) is 5.82 Å². The lowest BCUT2D eigenvalue weighted by Crippen LogP contribution is -2.20. The van der Waals surface area contributed by atoms with Crippen LogP contribution in [0, 0.1) is 19.7 Å². The summed E-state index contributed by atoms with van der Waals surface area (Å²) >= 11 is 0. The van der Waals surface area contributed by atoms with Crippen LogP contribution < -0.4 is 5.32 Å². The zero-order chi connectivity index (χ0) is 17.5. The van der Waals surface area contributed by atoms with Crippen molar-refractivity contribution in [1.29, 1.82) is 0 Å². The summed E-state index contributed by atoms with van der Waals surface area (Å²) in [5, 5.41) is 2.66. The van der Waals surface area contributed by atoms with Crippen molar-refractivity contribution >= 4 is 23.6 Å². The molecule has 2 aromatic carbocycles. The van der Waals surface area contributed by atoms with Gasteiger partial charge in [0.2, 0.25) is 0 Å². The first-order valence-corrected chi connectivity index (χ1v) is 7.41. The van der Waals surface area contributed by atoms with Crippen molar-refractivity contribution in [3.8, 4) is 0 Å². The normalized spacial score (nSPS) is 10.6. The Morgan fingerprint density at radius 3 is 2.46 bits per heavy atom. The SMILES string of the molecule is Cc1cc(C)cc(NC(=O)COC(=O)/C=C/c2ccccc2F)c1. The van der Waals surface area contributed by atoms with E-state index >= 15 is 0 Å². The van der Waals surface area contributed by atoms with E-state index in [9.17, 15) is 14.0 Å². The molecule has 0 aromatic heterocycles. The zero-order valence-corrected chi connectivity index (χ0v) is 13.5. The van der Waals surface area contributed by atoms with Crippen molar-refractivity contribution in [1.82, 2.24) is 0 Å². The monoisotopic (exact) mass is 327 g/mol. The van der Waals surface area contributed by atoms with Crippen molar-refractivity contribution in [2.45, 2.75) is 13.8 Å². The topological polar surface area (TPSA) is 55.4 Å². The number of amides is 1. The maximum atomic E-state index is 13.4. The number of benzene rings is 2. The molecule has 0 spiro atoms. The van der Waals surface area contributed by atoms with Gasteiger partial charge in [0, 0.05) is 17.3 Å². The number of esters is 1. The minimum Gasteiger partial charge on any atom is -0.452 e. The van der Waals surface area contributed by atoms with Crippen LogP contribution >= 0.6 is 0 Å². The second-order valence-electron chi connectivity index (χ2n) is 5.39. The van der Waals surface area contributed by atoms with E-state index < -0.39 is 24.3 Å². The third kappa shape index (κ3) is 5.35. The predicted molar refractivity (Wildman–Crippen MR) is 90.9 cm³/mol. The second kappa shape index (κ2) is 8.06. The third-order valence-electron chi connectivity index (χ3n) is 3.16. The standard InChI is InChI=1S/C19H18FNO3/c1-13-9-14(2)11-16(10-13)21-18(22)12-24-19(23)8-7-15-5-3-4-6-17(15)20/h3-11H,12H2,1-2H3,(H,21,22)/b8-7+. The van der Waals surface area contributed by atoms with E-state index in [2.05, 4.69) is 5.32 Å². The Kier molecular flexibility index (Phi) is 5.84. The second-order valence-corrected chi connectivity index (χ2v) is 5.39. The highest BCUT2D eigenvalue weighted by Crippen LogP contribution is 2.13. The quantitative estimate of drug-likeness (QED) is 0.674. The average molecular weight is 327 g/mol. The van der Waals surface area contributed by atoms with E-state index in [1.165, 1.54) is 18.2 Å². The molecule has 124 valence electrons. The van der Waals surface area contributed by atoms with Crippen LogP contribution in [-0.2, 0) is 14.3 Å². The summed E-state index contributed by atoms with van der Waals surface area (Å²) in [4.78, 5) is 23.4. The number of hydrogen-bond acceptors (Lipinski definition) is 3. The number of anilines is 1. The van der Waals surface area contributed by atoms with Crippen molar-refractivity contribution < 1.29 is 18.7 Å². The molecule has 0 heterocycles. The fourth-order valence-electron chi connectivity index (χ4n) is 2.20. The average Bonchev–Trinajstić information content (AvgIpc) is 2.51. The van der Waals surface area contributed by atoms with Crippen molar-refractivity contribution in [3.63, 3.8) is 0 Å². The summed E-state index contributed by atoms with van der Waals surface area (Å²) in [7, 11) is 0. The maximum Gasteiger partial charge on any atom is 0.331 e. The molecule has 5 heteroatoms. The first-order chi connectivity index (χ1) is 11.4. The molecule has 0 aliphatic heterocycles. The van der Waals surface area contributed by atoms with Crippen LogP contribution in [0.4, 0.5) is 10.1 Å². The first-order valence-electron chi connectivity index (χ1n) is 7.41. The minimum atomic E-state index is -0.714. The van der Waals surface area contributed by atoms with Crippen LogP contribution in [0.15, 0.2) is 48.5 Å². The van der Waals surface area contributed by atoms with Gasteiger partial charge in [-0.15, -0.1) is 0 Å². The lowest BCUT2D eigenvalue weighted by Gasteiger charge is -2.07. The van der Waals surface area contributed by atoms with Crippen molar-refractivity contribution in [2.24, 2.45) is 0 Å². The number of nitrogens with one attached hydrogen (secondary N) is 1. The fourth-order valence-corrected chi connectivity index (χ4v) is 2.20. The number of carbonyl (C=O) groups excluding carboxylic acids is 2. The van der Waals surface area contributed by atoms with Crippen LogP contribution in [0.5, 0.6) is 0 Å². The summed E-state index contributed by atoms with van der Waals surface area (Å²) in [6.45, 7) is 3.44. The first kappa shape index (κ1) is 17.4. The Balaban J connectivity index is 1.85. The summed E-state index contributed by atoms with van der Waals surface area (Å²) < 4.78 is 18.2. The van der Waals surface area contributed by atoms with Crippen LogP contribution in [0.25, 0.3) is 6.08 Å². The zero-order valence-electron chi connectivity index (χ0n) is 13.5. The molecule has 0 saturated carbocycles. The predicted octanol–water partition coefficient (Wildman–Crippen LogP) is 3.64. The Labute approximate surface area is 140 Å². The van der Waals surface area contributed by atoms with E-state index in [1.807, 2.05) is 32.0 Å². The Bertz CT molecular complexity index is 764. The van der Waals surface area contributed by atoms with E-state index in [1.54, 1.807) is 12.1 Å². The largest absolute Gasteiger partial charge is 0.452 e. The molecule has 0 aliphatic rings. The molecule has 0 atom stereocenters. The molecule has 0 aliphatic carbocycles. The summed E-state index contributed by atoms with van der Waals surface area (Å²) in [6.07, 6.45) is 2.39. The Morgan fingerprint density at radius 1 is 1.12 bits per heavy atom.